The molecule has 0 saturated carbocycles. The number of hydrogen-bond donors (Lipinski definition) is 0. The van der Waals surface area contributed by atoms with Gasteiger partial charge in [0.25, 0.3) is 0 Å². The standard InChI is InChI=1S/C18H16FNO2/c19-17-7-3-4-14(12-17)9-11-22-18(21)20-10-8-15-5-1-2-6-16(15)13-20/h1-8,10,12H,9,11,13H2. The van der Waals surface area contributed by atoms with Gasteiger partial charge in [0.15, 0.2) is 0 Å². The van der Waals surface area contributed by atoms with Gasteiger partial charge < -0.3 is 4.74 Å². The van der Waals surface area contributed by atoms with Crippen LogP contribution in [-0.4, -0.2) is 17.6 Å². The monoisotopic (exact) mass is 297 g/mol. The first kappa shape index (κ1) is 14.3. The third kappa shape index (κ3) is 3.34. The van der Waals surface area contributed by atoms with Crippen LogP contribution in [0.25, 0.3) is 6.08 Å². The molecule has 0 N–H and O–H groups in total. The van der Waals surface area contributed by atoms with Crippen LogP contribution in [0.15, 0.2) is 54.7 Å². The molecule has 0 unspecified atom stereocenters. The Morgan fingerprint density at radius 3 is 2.91 bits per heavy atom. The molecule has 112 valence electrons. The Morgan fingerprint density at radius 2 is 2.05 bits per heavy atom. The number of benzene rings is 2. The van der Waals surface area contributed by atoms with Gasteiger partial charge in [0, 0.05) is 12.6 Å². The quantitative estimate of drug-likeness (QED) is 0.857. The highest BCUT2D eigenvalue weighted by Gasteiger charge is 2.17. The summed E-state index contributed by atoms with van der Waals surface area (Å²) in [4.78, 5) is 13.6. The molecule has 3 rings (SSSR count). The second-order valence-electron chi connectivity index (χ2n) is 5.14. The zero-order chi connectivity index (χ0) is 15.4. The van der Waals surface area contributed by atoms with E-state index in [4.69, 9.17) is 4.74 Å². The average molecular weight is 297 g/mol. The number of hydrogen-bond acceptors (Lipinski definition) is 2. The van der Waals surface area contributed by atoms with Crippen LogP contribution in [0.5, 0.6) is 0 Å². The number of carbonyl (C=O) groups is 1. The highest BCUT2D eigenvalue weighted by molar-refractivity contribution is 5.72. The topological polar surface area (TPSA) is 29.5 Å². The van der Waals surface area contributed by atoms with E-state index >= 15 is 0 Å². The summed E-state index contributed by atoms with van der Waals surface area (Å²) < 4.78 is 18.3. The second kappa shape index (κ2) is 6.43. The Hall–Kier alpha value is -2.62. The van der Waals surface area contributed by atoms with E-state index in [1.54, 1.807) is 12.3 Å². The first-order valence-corrected chi connectivity index (χ1v) is 7.16. The lowest BCUT2D eigenvalue weighted by Gasteiger charge is -2.22. The number of nitrogens with zero attached hydrogens (tertiary/aromatic N) is 1. The van der Waals surface area contributed by atoms with Gasteiger partial charge in [-0.1, -0.05) is 36.4 Å². The van der Waals surface area contributed by atoms with Gasteiger partial charge in [0.05, 0.1) is 13.2 Å². The van der Waals surface area contributed by atoms with E-state index in [-0.39, 0.29) is 18.5 Å². The third-order valence-electron chi connectivity index (χ3n) is 3.57. The van der Waals surface area contributed by atoms with Crippen molar-refractivity contribution in [2.45, 2.75) is 13.0 Å². The second-order valence-corrected chi connectivity index (χ2v) is 5.14. The molecule has 1 aliphatic rings. The van der Waals surface area contributed by atoms with E-state index in [0.717, 1.165) is 16.7 Å². The lowest BCUT2D eigenvalue weighted by Crippen LogP contribution is -2.28. The van der Waals surface area contributed by atoms with Gasteiger partial charge in [-0.3, -0.25) is 4.90 Å². The van der Waals surface area contributed by atoms with E-state index in [0.29, 0.717) is 13.0 Å². The molecule has 0 radical (unpaired) electrons. The summed E-state index contributed by atoms with van der Waals surface area (Å²) >= 11 is 0. The minimum Gasteiger partial charge on any atom is -0.449 e. The molecule has 1 amide bonds. The number of ether oxygens (including phenoxy) is 1. The van der Waals surface area contributed by atoms with Gasteiger partial charge in [-0.25, -0.2) is 9.18 Å². The maximum absolute atomic E-state index is 13.1. The minimum atomic E-state index is -0.387. The highest BCUT2D eigenvalue weighted by Crippen LogP contribution is 2.19. The SMILES string of the molecule is O=C(OCCc1cccc(F)c1)N1C=Cc2ccccc2C1. The fourth-order valence-electron chi connectivity index (χ4n) is 2.40. The molecule has 4 heteroatoms. The van der Waals surface area contributed by atoms with Crippen molar-refractivity contribution in [2.75, 3.05) is 6.61 Å². The van der Waals surface area contributed by atoms with Crippen LogP contribution in [0.3, 0.4) is 0 Å². The number of halogens is 1. The molecule has 0 bridgehead atoms. The van der Waals surface area contributed by atoms with E-state index in [1.165, 1.54) is 17.0 Å². The molecular formula is C18H16FNO2. The van der Waals surface area contributed by atoms with E-state index in [9.17, 15) is 9.18 Å². The van der Waals surface area contributed by atoms with Gasteiger partial charge in [-0.2, -0.15) is 0 Å². The Bertz CT molecular complexity index is 712. The third-order valence-corrected chi connectivity index (χ3v) is 3.57. The molecule has 2 aromatic carbocycles. The predicted octanol–water partition coefficient (Wildman–Crippen LogP) is 3.99. The molecular weight excluding hydrogens is 281 g/mol. The van der Waals surface area contributed by atoms with Crippen molar-refractivity contribution in [3.05, 3.63) is 77.2 Å². The minimum absolute atomic E-state index is 0.230. The molecule has 1 aliphatic heterocycles. The molecule has 0 spiro atoms. The number of fused-ring (bicyclic) bond motifs is 1. The lowest BCUT2D eigenvalue weighted by molar-refractivity contribution is 0.116. The number of amides is 1. The summed E-state index contributed by atoms with van der Waals surface area (Å²) in [5, 5.41) is 0. The van der Waals surface area contributed by atoms with Crippen LogP contribution in [0.2, 0.25) is 0 Å². The Morgan fingerprint density at radius 1 is 1.18 bits per heavy atom. The van der Waals surface area contributed by atoms with Crippen molar-refractivity contribution in [1.82, 2.24) is 4.90 Å². The molecule has 0 saturated heterocycles. The predicted molar refractivity (Wildman–Crippen MR) is 82.5 cm³/mol. The maximum Gasteiger partial charge on any atom is 0.414 e. The van der Waals surface area contributed by atoms with Gasteiger partial charge in [-0.05, 0) is 34.9 Å². The van der Waals surface area contributed by atoms with Gasteiger partial charge >= 0.3 is 6.09 Å². The van der Waals surface area contributed by atoms with Crippen molar-refractivity contribution in [3.63, 3.8) is 0 Å². The first-order valence-electron chi connectivity index (χ1n) is 7.16. The van der Waals surface area contributed by atoms with Crippen molar-refractivity contribution in [1.29, 1.82) is 0 Å². The van der Waals surface area contributed by atoms with Crippen LogP contribution in [0, 0.1) is 5.82 Å². The van der Waals surface area contributed by atoms with Crippen LogP contribution >= 0.6 is 0 Å². The summed E-state index contributed by atoms with van der Waals surface area (Å²) in [6.45, 7) is 0.736. The van der Waals surface area contributed by atoms with Crippen molar-refractivity contribution in [3.8, 4) is 0 Å². The number of carbonyl (C=O) groups excluding carboxylic acids is 1. The van der Waals surface area contributed by atoms with Gasteiger partial charge in [0.2, 0.25) is 0 Å². The van der Waals surface area contributed by atoms with Crippen molar-refractivity contribution < 1.29 is 13.9 Å². The molecule has 2 aromatic rings. The average Bonchev–Trinajstić information content (AvgIpc) is 2.54. The normalized spacial score (nSPS) is 12.9. The van der Waals surface area contributed by atoms with Crippen molar-refractivity contribution >= 4 is 12.2 Å². The summed E-state index contributed by atoms with van der Waals surface area (Å²) in [6.07, 6.45) is 3.74. The summed E-state index contributed by atoms with van der Waals surface area (Å²) in [5.41, 5.74) is 3.02. The van der Waals surface area contributed by atoms with E-state index < -0.39 is 0 Å². The fraction of sp³-hybridized carbons (Fsp3) is 0.167. The zero-order valence-corrected chi connectivity index (χ0v) is 12.0. The Balaban J connectivity index is 1.53. The zero-order valence-electron chi connectivity index (χ0n) is 12.0. The summed E-state index contributed by atoms with van der Waals surface area (Å²) in [7, 11) is 0. The van der Waals surface area contributed by atoms with Crippen LogP contribution in [0.1, 0.15) is 16.7 Å². The molecule has 3 nitrogen and oxygen atoms in total. The number of rotatable bonds is 3. The largest absolute Gasteiger partial charge is 0.449 e. The highest BCUT2D eigenvalue weighted by atomic mass is 19.1. The van der Waals surface area contributed by atoms with E-state index in [2.05, 4.69) is 0 Å². The molecule has 22 heavy (non-hydrogen) atoms. The van der Waals surface area contributed by atoms with Crippen LogP contribution in [-0.2, 0) is 17.7 Å². The molecule has 0 fully saturated rings. The van der Waals surface area contributed by atoms with Crippen molar-refractivity contribution in [2.24, 2.45) is 0 Å². The molecule has 0 aliphatic carbocycles. The van der Waals surface area contributed by atoms with Gasteiger partial charge in [0.1, 0.15) is 5.82 Å². The smallest absolute Gasteiger partial charge is 0.414 e. The Labute approximate surface area is 128 Å². The lowest BCUT2D eigenvalue weighted by atomic mass is 10.1. The Kier molecular flexibility index (Phi) is 4.19. The first-order chi connectivity index (χ1) is 10.7. The molecule has 1 heterocycles. The van der Waals surface area contributed by atoms with Gasteiger partial charge in [-0.15, -0.1) is 0 Å². The van der Waals surface area contributed by atoms with Crippen LogP contribution in [0.4, 0.5) is 9.18 Å². The fourth-order valence-corrected chi connectivity index (χ4v) is 2.40. The summed E-state index contributed by atoms with van der Waals surface area (Å²) in [6, 6.07) is 14.2. The molecule has 0 aromatic heterocycles. The summed E-state index contributed by atoms with van der Waals surface area (Å²) in [5.74, 6) is -0.278. The molecule has 0 atom stereocenters. The van der Waals surface area contributed by atoms with Crippen LogP contribution < -0.4 is 0 Å². The maximum atomic E-state index is 13.1. The van der Waals surface area contributed by atoms with E-state index in [1.807, 2.05) is 36.4 Å².